The first-order chi connectivity index (χ1) is 10.7. The third-order valence-electron chi connectivity index (χ3n) is 3.20. The highest BCUT2D eigenvalue weighted by molar-refractivity contribution is 5.45. The van der Waals surface area contributed by atoms with Crippen LogP contribution in [0.3, 0.4) is 0 Å². The van der Waals surface area contributed by atoms with Gasteiger partial charge in [0.25, 0.3) is 5.78 Å². The first kappa shape index (κ1) is 14.4. The predicted molar refractivity (Wildman–Crippen MR) is 75.6 cm³/mol. The molecule has 0 aliphatic carbocycles. The summed E-state index contributed by atoms with van der Waals surface area (Å²) in [5.74, 6) is 1.37. The van der Waals surface area contributed by atoms with Crippen LogP contribution in [0.4, 0.5) is 14.6 Å². The standard InChI is InChI=1S/C13H15F2N7/c1-2-3-9-6-10(22-13(20-9)18-8-19-22)17-7-11-16-4-5-21(11)12(14)15/h4-6,8,12,17H,2-3,7H2,1H3. The van der Waals surface area contributed by atoms with Crippen LogP contribution < -0.4 is 5.32 Å². The Hall–Kier alpha value is -2.58. The van der Waals surface area contributed by atoms with Gasteiger partial charge in [-0.1, -0.05) is 13.3 Å². The number of hydrogen-bond donors (Lipinski definition) is 1. The molecule has 0 saturated carbocycles. The molecule has 0 unspecified atom stereocenters. The second-order valence-corrected chi connectivity index (χ2v) is 4.74. The summed E-state index contributed by atoms with van der Waals surface area (Å²) in [5.41, 5.74) is 0.878. The van der Waals surface area contributed by atoms with Gasteiger partial charge in [-0.15, -0.1) is 0 Å². The second kappa shape index (κ2) is 6.04. The molecule has 3 rings (SSSR count). The fourth-order valence-electron chi connectivity index (χ4n) is 2.20. The third kappa shape index (κ3) is 2.74. The van der Waals surface area contributed by atoms with E-state index in [9.17, 15) is 8.78 Å². The van der Waals surface area contributed by atoms with Crippen molar-refractivity contribution in [2.75, 3.05) is 5.32 Å². The van der Waals surface area contributed by atoms with Gasteiger partial charge >= 0.3 is 6.55 Å². The lowest BCUT2D eigenvalue weighted by molar-refractivity contribution is 0.0673. The number of imidazole rings is 1. The SMILES string of the molecule is CCCc1cc(NCc2nccn2C(F)F)n2ncnc2n1. The molecule has 3 aromatic rings. The lowest BCUT2D eigenvalue weighted by Crippen LogP contribution is -2.12. The molecule has 0 aliphatic rings. The van der Waals surface area contributed by atoms with Crippen LogP contribution >= 0.6 is 0 Å². The van der Waals surface area contributed by atoms with E-state index in [2.05, 4.69) is 32.3 Å². The molecule has 1 N–H and O–H groups in total. The lowest BCUT2D eigenvalue weighted by atomic mass is 10.2. The van der Waals surface area contributed by atoms with Gasteiger partial charge in [0.1, 0.15) is 18.0 Å². The van der Waals surface area contributed by atoms with E-state index in [0.29, 0.717) is 11.6 Å². The maximum Gasteiger partial charge on any atom is 0.319 e. The Balaban J connectivity index is 1.86. The largest absolute Gasteiger partial charge is 0.363 e. The molecule has 7 nitrogen and oxygen atoms in total. The van der Waals surface area contributed by atoms with Crippen LogP contribution in [-0.4, -0.2) is 29.1 Å². The molecule has 0 radical (unpaired) electrons. The lowest BCUT2D eigenvalue weighted by Gasteiger charge is -2.10. The topological polar surface area (TPSA) is 72.9 Å². The first-order valence-electron chi connectivity index (χ1n) is 6.92. The number of halogens is 2. The van der Waals surface area contributed by atoms with E-state index >= 15 is 0 Å². The minimum atomic E-state index is -2.61. The maximum absolute atomic E-state index is 12.8. The van der Waals surface area contributed by atoms with Crippen molar-refractivity contribution in [3.05, 3.63) is 36.3 Å². The van der Waals surface area contributed by atoms with Crippen molar-refractivity contribution in [1.29, 1.82) is 0 Å². The highest BCUT2D eigenvalue weighted by Crippen LogP contribution is 2.16. The summed E-state index contributed by atoms with van der Waals surface area (Å²) < 4.78 is 28.0. The Morgan fingerprint density at radius 2 is 2.18 bits per heavy atom. The van der Waals surface area contributed by atoms with Gasteiger partial charge in [0.15, 0.2) is 0 Å². The molecule has 0 atom stereocenters. The highest BCUT2D eigenvalue weighted by atomic mass is 19.3. The van der Waals surface area contributed by atoms with Gasteiger partial charge in [-0.2, -0.15) is 23.4 Å². The number of nitrogens with one attached hydrogen (secondary N) is 1. The predicted octanol–water partition coefficient (Wildman–Crippen LogP) is 2.28. The van der Waals surface area contributed by atoms with Gasteiger partial charge in [-0.25, -0.2) is 9.97 Å². The van der Waals surface area contributed by atoms with Crippen LogP contribution in [0.2, 0.25) is 0 Å². The van der Waals surface area contributed by atoms with Crippen molar-refractivity contribution in [2.24, 2.45) is 0 Å². The zero-order chi connectivity index (χ0) is 15.5. The Morgan fingerprint density at radius 3 is 2.95 bits per heavy atom. The maximum atomic E-state index is 12.8. The van der Waals surface area contributed by atoms with E-state index < -0.39 is 6.55 Å². The minimum Gasteiger partial charge on any atom is -0.363 e. The van der Waals surface area contributed by atoms with Crippen molar-refractivity contribution in [3.63, 3.8) is 0 Å². The van der Waals surface area contributed by atoms with Crippen LogP contribution in [-0.2, 0) is 13.0 Å². The van der Waals surface area contributed by atoms with Crippen molar-refractivity contribution < 1.29 is 8.78 Å². The van der Waals surface area contributed by atoms with Crippen LogP contribution in [0.25, 0.3) is 5.78 Å². The summed E-state index contributed by atoms with van der Waals surface area (Å²) in [6.45, 7) is -0.400. The summed E-state index contributed by atoms with van der Waals surface area (Å²) in [4.78, 5) is 12.4. The fraction of sp³-hybridized carbons (Fsp3) is 0.385. The molecule has 0 fully saturated rings. The zero-order valence-electron chi connectivity index (χ0n) is 11.9. The number of nitrogens with zero attached hydrogens (tertiary/aromatic N) is 6. The molecule has 0 saturated heterocycles. The van der Waals surface area contributed by atoms with Crippen molar-refractivity contribution in [3.8, 4) is 0 Å². The monoisotopic (exact) mass is 307 g/mol. The number of anilines is 1. The molecular formula is C13H15F2N7. The molecule has 0 amide bonds. The molecule has 0 bridgehead atoms. The van der Waals surface area contributed by atoms with E-state index in [4.69, 9.17) is 0 Å². The highest BCUT2D eigenvalue weighted by Gasteiger charge is 2.12. The molecule has 22 heavy (non-hydrogen) atoms. The average Bonchev–Trinajstić information content (AvgIpc) is 3.13. The normalized spacial score (nSPS) is 11.5. The molecular weight excluding hydrogens is 292 g/mol. The van der Waals surface area contributed by atoms with Crippen molar-refractivity contribution >= 4 is 11.6 Å². The Kier molecular flexibility index (Phi) is 3.94. The van der Waals surface area contributed by atoms with Gasteiger partial charge in [-0.05, 0) is 6.42 Å². The van der Waals surface area contributed by atoms with E-state index in [1.807, 2.05) is 6.07 Å². The summed E-state index contributed by atoms with van der Waals surface area (Å²) in [7, 11) is 0. The number of alkyl halides is 2. The summed E-state index contributed by atoms with van der Waals surface area (Å²) in [6, 6.07) is 1.85. The number of hydrogen-bond acceptors (Lipinski definition) is 5. The van der Waals surface area contributed by atoms with Gasteiger partial charge in [0, 0.05) is 24.2 Å². The molecule has 9 heteroatoms. The smallest absolute Gasteiger partial charge is 0.319 e. The second-order valence-electron chi connectivity index (χ2n) is 4.74. The van der Waals surface area contributed by atoms with Gasteiger partial charge in [0.2, 0.25) is 0 Å². The van der Waals surface area contributed by atoms with Crippen LogP contribution in [0, 0.1) is 0 Å². The van der Waals surface area contributed by atoms with Crippen molar-refractivity contribution in [2.45, 2.75) is 32.9 Å². The number of rotatable bonds is 6. The third-order valence-corrected chi connectivity index (χ3v) is 3.20. The molecule has 3 heterocycles. The van der Waals surface area contributed by atoms with Crippen molar-refractivity contribution in [1.82, 2.24) is 29.1 Å². The molecule has 116 valence electrons. The molecule has 0 spiro atoms. The molecule has 3 aromatic heterocycles. The molecule has 0 aliphatic heterocycles. The van der Waals surface area contributed by atoms with Crippen LogP contribution in [0.5, 0.6) is 0 Å². The fourth-order valence-corrected chi connectivity index (χ4v) is 2.20. The Bertz CT molecular complexity index is 765. The van der Waals surface area contributed by atoms with E-state index in [-0.39, 0.29) is 12.4 Å². The number of fused-ring (bicyclic) bond motifs is 1. The van der Waals surface area contributed by atoms with E-state index in [1.54, 1.807) is 0 Å². The van der Waals surface area contributed by atoms with Gasteiger partial charge in [0.05, 0.1) is 6.54 Å². The Morgan fingerprint density at radius 1 is 1.32 bits per heavy atom. The van der Waals surface area contributed by atoms with Gasteiger partial charge < -0.3 is 5.32 Å². The number of aromatic nitrogens is 6. The van der Waals surface area contributed by atoms with Gasteiger partial charge in [-0.3, -0.25) is 4.57 Å². The minimum absolute atomic E-state index is 0.155. The van der Waals surface area contributed by atoms with E-state index in [1.165, 1.54) is 23.2 Å². The zero-order valence-corrected chi connectivity index (χ0v) is 11.9. The van der Waals surface area contributed by atoms with Crippen LogP contribution in [0.1, 0.15) is 31.4 Å². The average molecular weight is 307 g/mol. The summed E-state index contributed by atoms with van der Waals surface area (Å²) in [5, 5.41) is 7.16. The van der Waals surface area contributed by atoms with Crippen LogP contribution in [0.15, 0.2) is 24.8 Å². The first-order valence-corrected chi connectivity index (χ1v) is 6.92. The summed E-state index contributed by atoms with van der Waals surface area (Å²) >= 11 is 0. The molecule has 0 aromatic carbocycles. The quantitative estimate of drug-likeness (QED) is 0.756. The van der Waals surface area contributed by atoms with E-state index in [0.717, 1.165) is 23.1 Å². The Labute approximate surface area is 125 Å². The summed E-state index contributed by atoms with van der Waals surface area (Å²) in [6.07, 6.45) is 5.77. The number of aryl methyl sites for hydroxylation is 1.